The van der Waals surface area contributed by atoms with E-state index < -0.39 is 0 Å². The minimum Gasteiger partial charge on any atom is -0.496 e. The molecule has 0 amide bonds. The molecule has 0 aliphatic rings. The molecule has 1 aromatic carbocycles. The monoisotopic (exact) mass is 246 g/mol. The summed E-state index contributed by atoms with van der Waals surface area (Å²) >= 11 is 0. The van der Waals surface area contributed by atoms with Gasteiger partial charge in [0.2, 0.25) is 0 Å². The number of nitriles is 1. The number of ether oxygens (including phenoxy) is 1. The summed E-state index contributed by atoms with van der Waals surface area (Å²) in [6.45, 7) is 7.04. The summed E-state index contributed by atoms with van der Waals surface area (Å²) in [6.07, 6.45) is 0.571. The standard InChI is InChI=1S/C15H22N2O/c1-13(2)11-17(10-6-9-16)12-14-7-4-5-8-15(14)18-3/h4-5,7-8,13H,6,10-12H2,1-3H3. The number of hydrogen-bond acceptors (Lipinski definition) is 3. The van der Waals surface area contributed by atoms with Crippen LogP contribution in [-0.4, -0.2) is 25.1 Å². The van der Waals surface area contributed by atoms with Gasteiger partial charge in [-0.15, -0.1) is 0 Å². The lowest BCUT2D eigenvalue weighted by Crippen LogP contribution is -2.28. The smallest absolute Gasteiger partial charge is 0.123 e. The summed E-state index contributed by atoms with van der Waals surface area (Å²) in [5, 5.41) is 8.71. The van der Waals surface area contributed by atoms with Crippen molar-refractivity contribution in [3.8, 4) is 11.8 Å². The lowest BCUT2D eigenvalue weighted by molar-refractivity contribution is 0.238. The fourth-order valence-corrected chi connectivity index (χ4v) is 2.03. The van der Waals surface area contributed by atoms with Gasteiger partial charge in [0.1, 0.15) is 5.75 Å². The van der Waals surface area contributed by atoms with Gasteiger partial charge in [0.15, 0.2) is 0 Å². The fourth-order valence-electron chi connectivity index (χ4n) is 2.03. The third kappa shape index (κ3) is 4.77. The van der Waals surface area contributed by atoms with Gasteiger partial charge in [0, 0.05) is 31.6 Å². The average Bonchev–Trinajstić information content (AvgIpc) is 2.36. The normalized spacial score (nSPS) is 10.7. The summed E-state index contributed by atoms with van der Waals surface area (Å²) in [7, 11) is 1.70. The number of hydrogen-bond donors (Lipinski definition) is 0. The Morgan fingerprint density at radius 3 is 2.67 bits per heavy atom. The Kier molecular flexibility index (Phi) is 6.24. The van der Waals surface area contributed by atoms with Crippen LogP contribution in [0.25, 0.3) is 0 Å². The molecule has 0 aliphatic carbocycles. The van der Waals surface area contributed by atoms with Gasteiger partial charge >= 0.3 is 0 Å². The molecule has 0 N–H and O–H groups in total. The predicted molar refractivity (Wildman–Crippen MR) is 73.3 cm³/mol. The SMILES string of the molecule is COc1ccccc1CN(CCC#N)CC(C)C. The van der Waals surface area contributed by atoms with Crippen molar-refractivity contribution in [1.29, 1.82) is 5.26 Å². The second-order valence-corrected chi connectivity index (χ2v) is 4.85. The molecule has 0 bridgehead atoms. The molecule has 0 fully saturated rings. The van der Waals surface area contributed by atoms with E-state index in [0.717, 1.165) is 25.4 Å². The zero-order valence-corrected chi connectivity index (χ0v) is 11.5. The Balaban J connectivity index is 2.72. The van der Waals surface area contributed by atoms with E-state index >= 15 is 0 Å². The number of para-hydroxylation sites is 1. The summed E-state index contributed by atoms with van der Waals surface area (Å²) < 4.78 is 5.36. The van der Waals surface area contributed by atoms with E-state index in [2.05, 4.69) is 30.9 Å². The maximum Gasteiger partial charge on any atom is 0.123 e. The van der Waals surface area contributed by atoms with Gasteiger partial charge < -0.3 is 4.74 Å². The van der Waals surface area contributed by atoms with Crippen LogP contribution >= 0.6 is 0 Å². The zero-order chi connectivity index (χ0) is 13.4. The van der Waals surface area contributed by atoms with E-state index in [1.165, 1.54) is 5.56 Å². The van der Waals surface area contributed by atoms with Gasteiger partial charge in [0.25, 0.3) is 0 Å². The number of benzene rings is 1. The molecule has 0 radical (unpaired) electrons. The van der Waals surface area contributed by atoms with E-state index in [-0.39, 0.29) is 0 Å². The highest BCUT2D eigenvalue weighted by atomic mass is 16.5. The van der Waals surface area contributed by atoms with Crippen molar-refractivity contribution in [2.75, 3.05) is 20.2 Å². The van der Waals surface area contributed by atoms with Crippen LogP contribution in [-0.2, 0) is 6.54 Å². The van der Waals surface area contributed by atoms with Crippen LogP contribution in [0.3, 0.4) is 0 Å². The van der Waals surface area contributed by atoms with Gasteiger partial charge in [-0.3, -0.25) is 4.90 Å². The first-order valence-electron chi connectivity index (χ1n) is 6.38. The number of rotatable bonds is 7. The van der Waals surface area contributed by atoms with Crippen LogP contribution in [0.15, 0.2) is 24.3 Å². The molecular weight excluding hydrogens is 224 g/mol. The number of methoxy groups -OCH3 is 1. The molecule has 0 saturated carbocycles. The molecule has 3 heteroatoms. The van der Waals surface area contributed by atoms with Gasteiger partial charge in [-0.2, -0.15) is 5.26 Å². The fraction of sp³-hybridized carbons (Fsp3) is 0.533. The van der Waals surface area contributed by atoms with E-state index in [4.69, 9.17) is 10.00 Å². The zero-order valence-electron chi connectivity index (χ0n) is 11.5. The lowest BCUT2D eigenvalue weighted by atomic mass is 10.1. The highest BCUT2D eigenvalue weighted by Crippen LogP contribution is 2.19. The van der Waals surface area contributed by atoms with E-state index in [1.54, 1.807) is 7.11 Å². The minimum atomic E-state index is 0.571. The topological polar surface area (TPSA) is 36.3 Å². The Morgan fingerprint density at radius 1 is 1.33 bits per heavy atom. The van der Waals surface area contributed by atoms with Crippen molar-refractivity contribution in [1.82, 2.24) is 4.90 Å². The van der Waals surface area contributed by atoms with Crippen LogP contribution < -0.4 is 4.74 Å². The van der Waals surface area contributed by atoms with Crippen LogP contribution in [0.4, 0.5) is 0 Å². The number of nitrogens with zero attached hydrogens (tertiary/aromatic N) is 2. The molecule has 0 spiro atoms. The van der Waals surface area contributed by atoms with E-state index in [9.17, 15) is 0 Å². The highest BCUT2D eigenvalue weighted by Gasteiger charge is 2.10. The molecule has 18 heavy (non-hydrogen) atoms. The third-order valence-corrected chi connectivity index (χ3v) is 2.75. The Hall–Kier alpha value is -1.53. The molecule has 0 heterocycles. The predicted octanol–water partition coefficient (Wildman–Crippen LogP) is 3.07. The highest BCUT2D eigenvalue weighted by molar-refractivity contribution is 5.33. The minimum absolute atomic E-state index is 0.571. The van der Waals surface area contributed by atoms with E-state index in [0.29, 0.717) is 12.3 Å². The first-order chi connectivity index (χ1) is 8.67. The summed E-state index contributed by atoms with van der Waals surface area (Å²) in [5.41, 5.74) is 1.18. The van der Waals surface area contributed by atoms with Gasteiger partial charge in [-0.25, -0.2) is 0 Å². The van der Waals surface area contributed by atoms with Crippen molar-refractivity contribution < 1.29 is 4.74 Å². The molecule has 98 valence electrons. The molecule has 0 aromatic heterocycles. The van der Waals surface area contributed by atoms with Crippen LogP contribution in [0.2, 0.25) is 0 Å². The van der Waals surface area contributed by atoms with Crippen LogP contribution in [0.5, 0.6) is 5.75 Å². The molecule has 3 nitrogen and oxygen atoms in total. The maximum absolute atomic E-state index is 8.71. The summed E-state index contributed by atoms with van der Waals surface area (Å²) in [6, 6.07) is 10.3. The van der Waals surface area contributed by atoms with Gasteiger partial charge in [-0.05, 0) is 12.0 Å². The molecule has 1 rings (SSSR count). The second-order valence-electron chi connectivity index (χ2n) is 4.85. The van der Waals surface area contributed by atoms with Crippen molar-refractivity contribution in [2.45, 2.75) is 26.8 Å². The van der Waals surface area contributed by atoms with Crippen molar-refractivity contribution in [3.63, 3.8) is 0 Å². The van der Waals surface area contributed by atoms with Crippen molar-refractivity contribution >= 4 is 0 Å². The Bertz CT molecular complexity index is 396. The molecular formula is C15H22N2O. The van der Waals surface area contributed by atoms with Gasteiger partial charge in [-0.1, -0.05) is 32.0 Å². The Labute approximate surface area is 110 Å². The summed E-state index contributed by atoms with van der Waals surface area (Å²) in [5.74, 6) is 1.52. The average molecular weight is 246 g/mol. The first-order valence-corrected chi connectivity index (χ1v) is 6.38. The molecule has 0 atom stereocenters. The first kappa shape index (κ1) is 14.5. The lowest BCUT2D eigenvalue weighted by Gasteiger charge is -2.24. The largest absolute Gasteiger partial charge is 0.496 e. The molecule has 1 aromatic rings. The molecule has 0 saturated heterocycles. The van der Waals surface area contributed by atoms with Crippen molar-refractivity contribution in [3.05, 3.63) is 29.8 Å². The third-order valence-electron chi connectivity index (χ3n) is 2.75. The molecule has 0 unspecified atom stereocenters. The second kappa shape index (κ2) is 7.73. The van der Waals surface area contributed by atoms with Crippen LogP contribution in [0.1, 0.15) is 25.8 Å². The quantitative estimate of drug-likeness (QED) is 0.742. The van der Waals surface area contributed by atoms with Crippen LogP contribution in [0, 0.1) is 17.2 Å². The van der Waals surface area contributed by atoms with Gasteiger partial charge in [0.05, 0.1) is 13.2 Å². The molecule has 0 aliphatic heterocycles. The maximum atomic E-state index is 8.71. The van der Waals surface area contributed by atoms with E-state index in [1.807, 2.05) is 18.2 Å². The van der Waals surface area contributed by atoms with Crippen molar-refractivity contribution in [2.24, 2.45) is 5.92 Å². The Morgan fingerprint density at radius 2 is 2.06 bits per heavy atom. The summed E-state index contributed by atoms with van der Waals surface area (Å²) in [4.78, 5) is 2.31.